The molecule has 0 fully saturated rings. The van der Waals surface area contributed by atoms with Crippen LogP contribution in [0.3, 0.4) is 0 Å². The van der Waals surface area contributed by atoms with E-state index in [4.69, 9.17) is 21.0 Å². The fraction of sp³-hybridized carbons (Fsp3) is 0.435. The normalized spacial score (nSPS) is 11.7. The van der Waals surface area contributed by atoms with Crippen LogP contribution in [0.25, 0.3) is 5.65 Å². The second-order valence-corrected chi connectivity index (χ2v) is 8.88. The monoisotopic (exact) mass is 454 g/mol. The molecule has 4 N–H and O–H groups in total. The number of nitrogens with one attached hydrogen (secondary N) is 1. The number of hydrogen-bond acceptors (Lipinski definition) is 7. The van der Waals surface area contributed by atoms with E-state index in [9.17, 15) is 9.59 Å². The molecule has 1 amide bonds. The minimum absolute atomic E-state index is 0.0930. The molecule has 2 heterocycles. The van der Waals surface area contributed by atoms with Crippen molar-refractivity contribution in [2.24, 2.45) is 5.73 Å². The zero-order valence-electron chi connectivity index (χ0n) is 19.6. The molecule has 0 bridgehead atoms. The zero-order chi connectivity index (χ0) is 24.5. The van der Waals surface area contributed by atoms with Gasteiger partial charge in [-0.15, -0.1) is 5.10 Å². The van der Waals surface area contributed by atoms with E-state index in [1.165, 1.54) is 9.20 Å². The van der Waals surface area contributed by atoms with Gasteiger partial charge in [-0.3, -0.25) is 15.0 Å². The molecule has 0 radical (unpaired) electrons. The maximum absolute atomic E-state index is 13.2. The number of nitrogens with zero attached hydrogens (tertiary/aromatic N) is 4. The number of aryl methyl sites for hydroxylation is 1. The number of aliphatic hydroxyl groups is 1. The highest BCUT2D eigenvalue weighted by Gasteiger charge is 2.21. The van der Waals surface area contributed by atoms with Gasteiger partial charge in [-0.05, 0) is 48.1 Å². The molecule has 0 unspecified atom stereocenters. The molecule has 0 aliphatic rings. The van der Waals surface area contributed by atoms with Crippen molar-refractivity contribution in [1.82, 2.24) is 19.4 Å². The fourth-order valence-corrected chi connectivity index (χ4v) is 3.62. The van der Waals surface area contributed by atoms with Gasteiger partial charge >= 0.3 is 0 Å². The van der Waals surface area contributed by atoms with E-state index in [0.717, 1.165) is 5.56 Å². The number of ketones is 1. The largest absolute Gasteiger partial charge is 0.491 e. The Morgan fingerprint density at radius 2 is 1.91 bits per heavy atom. The molecule has 10 nitrogen and oxygen atoms in total. The fourth-order valence-electron chi connectivity index (χ4n) is 3.62. The first-order valence-electron chi connectivity index (χ1n) is 10.7. The number of benzene rings is 1. The molecule has 0 spiro atoms. The number of primary amides is 1. The number of rotatable bonds is 8. The molecule has 0 atom stereocenters. The third kappa shape index (κ3) is 4.80. The number of carbonyl (C=O) groups is 2. The quantitative estimate of drug-likeness (QED) is 0.440. The Bertz CT molecular complexity index is 1280. The number of fused-ring (bicyclic) bond motifs is 1. The zero-order valence-corrected chi connectivity index (χ0v) is 19.6. The summed E-state index contributed by atoms with van der Waals surface area (Å²) in [6.45, 7) is 9.55. The maximum Gasteiger partial charge on any atom is 0.269 e. The number of nitrogens with two attached hydrogens (primary N) is 1. The highest BCUT2D eigenvalue weighted by atomic mass is 16.5. The lowest BCUT2D eigenvalue weighted by molar-refractivity contribution is 0.0962. The van der Waals surface area contributed by atoms with Crippen LogP contribution in [0.5, 0.6) is 5.75 Å². The van der Waals surface area contributed by atoms with Crippen LogP contribution in [-0.4, -0.2) is 49.4 Å². The Morgan fingerprint density at radius 1 is 1.21 bits per heavy atom. The summed E-state index contributed by atoms with van der Waals surface area (Å²) in [6, 6.07) is 5.28. The summed E-state index contributed by atoms with van der Waals surface area (Å²) in [6.07, 6.45) is 0.531. The van der Waals surface area contributed by atoms with Crippen molar-refractivity contribution in [2.75, 3.05) is 13.2 Å². The minimum Gasteiger partial charge on any atom is -0.491 e. The first-order chi connectivity index (χ1) is 15.5. The highest BCUT2D eigenvalue weighted by Crippen LogP contribution is 2.28. The summed E-state index contributed by atoms with van der Waals surface area (Å²) in [5.41, 5.74) is 8.27. The second-order valence-electron chi connectivity index (χ2n) is 8.88. The van der Waals surface area contributed by atoms with Gasteiger partial charge in [0, 0.05) is 11.1 Å². The molecule has 0 saturated heterocycles. The predicted octanol–water partition coefficient (Wildman–Crippen LogP) is 1.53. The van der Waals surface area contributed by atoms with Gasteiger partial charge in [0.25, 0.3) is 5.91 Å². The van der Waals surface area contributed by atoms with E-state index in [1.807, 2.05) is 33.8 Å². The number of aromatic nitrogens is 4. The van der Waals surface area contributed by atoms with Gasteiger partial charge in [0.1, 0.15) is 18.9 Å². The molecule has 0 aliphatic carbocycles. The molecule has 176 valence electrons. The standard InChI is InChI=1S/C23H30N6O4/c1-6-17-13(2)21-27-28(22(25)29(21)26-19(17)20(24)32)12-18(31)14-9-15(23(3,4)5)11-16(10-14)33-8-7-30/h9-11,25,30H,6-8,12H2,1-5H3,(H2,24,32). The van der Waals surface area contributed by atoms with E-state index in [2.05, 4.69) is 10.2 Å². The van der Waals surface area contributed by atoms with Crippen LogP contribution in [0, 0.1) is 12.3 Å². The highest BCUT2D eigenvalue weighted by molar-refractivity contribution is 5.96. The van der Waals surface area contributed by atoms with Crippen molar-refractivity contribution in [3.05, 3.63) is 51.8 Å². The minimum atomic E-state index is -0.679. The number of hydrogen-bond donors (Lipinski definition) is 3. The van der Waals surface area contributed by atoms with Crippen molar-refractivity contribution >= 4 is 17.3 Å². The maximum atomic E-state index is 13.2. The topological polar surface area (TPSA) is 149 Å². The number of Topliss-reactive ketones (excluding diaryl/α,β-unsaturated/α-hetero) is 1. The van der Waals surface area contributed by atoms with Crippen LogP contribution >= 0.6 is 0 Å². The van der Waals surface area contributed by atoms with Gasteiger partial charge in [0.15, 0.2) is 17.1 Å². The van der Waals surface area contributed by atoms with Crippen LogP contribution in [0.15, 0.2) is 18.2 Å². The molecule has 10 heteroatoms. The third-order valence-electron chi connectivity index (χ3n) is 5.47. The van der Waals surface area contributed by atoms with E-state index in [1.54, 1.807) is 19.1 Å². The van der Waals surface area contributed by atoms with E-state index >= 15 is 0 Å². The Balaban J connectivity index is 2.05. The van der Waals surface area contributed by atoms with Crippen LogP contribution in [0.1, 0.15) is 65.2 Å². The van der Waals surface area contributed by atoms with Crippen molar-refractivity contribution in [1.29, 1.82) is 5.41 Å². The molecule has 3 rings (SSSR count). The molecule has 0 aliphatic heterocycles. The van der Waals surface area contributed by atoms with E-state index < -0.39 is 5.91 Å². The van der Waals surface area contributed by atoms with Crippen molar-refractivity contribution < 1.29 is 19.4 Å². The van der Waals surface area contributed by atoms with Crippen LogP contribution < -0.4 is 16.1 Å². The molecule has 1 aromatic carbocycles. The Morgan fingerprint density at radius 3 is 2.48 bits per heavy atom. The van der Waals surface area contributed by atoms with Crippen LogP contribution in [0.4, 0.5) is 0 Å². The number of aliphatic hydroxyl groups excluding tert-OH is 1. The van der Waals surface area contributed by atoms with Crippen molar-refractivity contribution in [3.63, 3.8) is 0 Å². The van der Waals surface area contributed by atoms with Crippen molar-refractivity contribution in [3.8, 4) is 5.75 Å². The van der Waals surface area contributed by atoms with Gasteiger partial charge in [-0.2, -0.15) is 9.61 Å². The Hall–Kier alpha value is -3.53. The summed E-state index contributed by atoms with van der Waals surface area (Å²) in [7, 11) is 0. The summed E-state index contributed by atoms with van der Waals surface area (Å²) < 4.78 is 8.04. The molecular formula is C23H30N6O4. The summed E-state index contributed by atoms with van der Waals surface area (Å²) in [5, 5.41) is 26.2. The first kappa shape index (κ1) is 24.1. The SMILES string of the molecule is CCc1c(C(N)=O)nn2c(=N)n(CC(=O)c3cc(OCCO)cc(C(C)(C)C)c3)nc2c1C. The first-order valence-corrected chi connectivity index (χ1v) is 10.7. The number of amides is 1. The van der Waals surface area contributed by atoms with Crippen LogP contribution in [-0.2, 0) is 18.4 Å². The third-order valence-corrected chi connectivity index (χ3v) is 5.47. The molecule has 3 aromatic rings. The molecule has 0 saturated carbocycles. The number of carbonyl (C=O) groups excluding carboxylic acids is 2. The van der Waals surface area contributed by atoms with Gasteiger partial charge in [-0.25, -0.2) is 4.68 Å². The molecule has 33 heavy (non-hydrogen) atoms. The number of ether oxygens (including phenoxy) is 1. The molecular weight excluding hydrogens is 424 g/mol. The van der Waals surface area contributed by atoms with E-state index in [-0.39, 0.29) is 42.3 Å². The van der Waals surface area contributed by atoms with Gasteiger partial charge < -0.3 is 15.6 Å². The smallest absolute Gasteiger partial charge is 0.269 e. The summed E-state index contributed by atoms with van der Waals surface area (Å²) in [5.74, 6) is -0.454. The van der Waals surface area contributed by atoms with Gasteiger partial charge in [0.2, 0.25) is 5.62 Å². The van der Waals surface area contributed by atoms with E-state index in [0.29, 0.717) is 34.5 Å². The predicted molar refractivity (Wildman–Crippen MR) is 122 cm³/mol. The van der Waals surface area contributed by atoms with Crippen LogP contribution in [0.2, 0.25) is 0 Å². The summed E-state index contributed by atoms with van der Waals surface area (Å²) >= 11 is 0. The molecule has 2 aromatic heterocycles. The average Bonchev–Trinajstić information content (AvgIpc) is 3.07. The Labute approximate surface area is 191 Å². The van der Waals surface area contributed by atoms with Gasteiger partial charge in [0.05, 0.1) is 6.61 Å². The second kappa shape index (κ2) is 9.14. The van der Waals surface area contributed by atoms with Gasteiger partial charge in [-0.1, -0.05) is 27.7 Å². The Kier molecular flexibility index (Phi) is 6.68. The average molecular weight is 455 g/mol. The lowest BCUT2D eigenvalue weighted by atomic mass is 9.85. The summed E-state index contributed by atoms with van der Waals surface area (Å²) in [4.78, 5) is 25.0. The lowest BCUT2D eigenvalue weighted by Crippen LogP contribution is -2.28. The van der Waals surface area contributed by atoms with Crippen molar-refractivity contribution in [2.45, 2.75) is 53.0 Å². The lowest BCUT2D eigenvalue weighted by Gasteiger charge is -2.21.